The Bertz CT molecular complexity index is 1680. The lowest BCUT2D eigenvalue weighted by Gasteiger charge is -2.08. The summed E-state index contributed by atoms with van der Waals surface area (Å²) >= 11 is 0. The first-order valence-electron chi connectivity index (χ1n) is 13.9. The van der Waals surface area contributed by atoms with Crippen LogP contribution in [0.4, 0.5) is 22.7 Å². The lowest BCUT2D eigenvalue weighted by Crippen LogP contribution is -2.18. The average Bonchev–Trinajstić information content (AvgIpc) is 3.03. The molecule has 3 aromatic carbocycles. The SMILES string of the molecule is CCn1ccccc1=Nc1ccc(NC(=O)c2ccc(C(=O)Nc3ccc(N=c4ccccn4CC)cc3)cc2)cc1. The maximum absolute atomic E-state index is 12.8. The zero-order chi connectivity index (χ0) is 29.3. The van der Waals surface area contributed by atoms with Gasteiger partial charge >= 0.3 is 0 Å². The average molecular weight is 557 g/mol. The van der Waals surface area contributed by atoms with Crippen molar-refractivity contribution in [2.24, 2.45) is 9.98 Å². The van der Waals surface area contributed by atoms with E-state index in [0.29, 0.717) is 22.5 Å². The molecule has 0 radical (unpaired) electrons. The molecule has 42 heavy (non-hydrogen) atoms. The van der Waals surface area contributed by atoms with Crippen LogP contribution >= 0.6 is 0 Å². The van der Waals surface area contributed by atoms with Crippen LogP contribution in [0.25, 0.3) is 0 Å². The number of pyridine rings is 2. The third kappa shape index (κ3) is 6.98. The molecule has 2 amide bonds. The molecule has 0 saturated carbocycles. The number of carbonyl (C=O) groups is 2. The van der Waals surface area contributed by atoms with Crippen LogP contribution in [0.3, 0.4) is 0 Å². The van der Waals surface area contributed by atoms with E-state index in [-0.39, 0.29) is 11.8 Å². The van der Waals surface area contributed by atoms with Gasteiger partial charge in [0.25, 0.3) is 11.8 Å². The van der Waals surface area contributed by atoms with E-state index in [1.54, 1.807) is 24.3 Å². The van der Waals surface area contributed by atoms with E-state index in [4.69, 9.17) is 0 Å². The van der Waals surface area contributed by atoms with E-state index in [1.165, 1.54) is 0 Å². The summed E-state index contributed by atoms with van der Waals surface area (Å²) in [4.78, 5) is 35.0. The Morgan fingerprint density at radius 3 is 1.29 bits per heavy atom. The first-order chi connectivity index (χ1) is 20.5. The van der Waals surface area contributed by atoms with Crippen LogP contribution in [-0.2, 0) is 13.1 Å². The van der Waals surface area contributed by atoms with Crippen LogP contribution in [-0.4, -0.2) is 20.9 Å². The van der Waals surface area contributed by atoms with Crippen LogP contribution in [0.2, 0.25) is 0 Å². The van der Waals surface area contributed by atoms with E-state index < -0.39 is 0 Å². The Hall–Kier alpha value is -5.50. The fourth-order valence-electron chi connectivity index (χ4n) is 4.36. The quantitative estimate of drug-likeness (QED) is 0.235. The van der Waals surface area contributed by atoms with E-state index in [1.807, 2.05) is 97.3 Å². The van der Waals surface area contributed by atoms with Crippen molar-refractivity contribution in [2.75, 3.05) is 10.6 Å². The van der Waals surface area contributed by atoms with E-state index in [9.17, 15) is 9.59 Å². The standard InChI is InChI=1S/C34H32N6O2/c1-3-39-23-7-5-9-31(39)35-27-15-19-29(20-16-27)37-33(41)25-11-13-26(14-12-25)34(42)38-30-21-17-28(18-22-30)36-32-10-6-8-24-40(32)4-2/h5-24H,3-4H2,1-2H3,(H,37,41)(H,38,42). The molecule has 0 bridgehead atoms. The fourth-order valence-corrected chi connectivity index (χ4v) is 4.36. The molecule has 8 nitrogen and oxygen atoms in total. The summed E-state index contributed by atoms with van der Waals surface area (Å²) in [6.07, 6.45) is 3.98. The van der Waals surface area contributed by atoms with Gasteiger partial charge in [-0.05, 0) is 111 Å². The van der Waals surface area contributed by atoms with Gasteiger partial charge in [0.05, 0.1) is 11.4 Å². The molecule has 0 atom stereocenters. The van der Waals surface area contributed by atoms with Crippen LogP contribution in [0.15, 0.2) is 132 Å². The highest BCUT2D eigenvalue weighted by atomic mass is 16.2. The number of anilines is 2. The van der Waals surface area contributed by atoms with Crippen LogP contribution in [0, 0.1) is 0 Å². The van der Waals surface area contributed by atoms with Gasteiger partial charge in [0.15, 0.2) is 0 Å². The molecule has 8 heteroatoms. The summed E-state index contributed by atoms with van der Waals surface area (Å²) in [5.41, 5.74) is 5.52. The highest BCUT2D eigenvalue weighted by molar-refractivity contribution is 6.07. The number of hydrogen-bond donors (Lipinski definition) is 2. The molecule has 0 aliphatic carbocycles. The molecule has 2 N–H and O–H groups in total. The minimum atomic E-state index is -0.263. The number of nitrogens with one attached hydrogen (secondary N) is 2. The second-order valence-corrected chi connectivity index (χ2v) is 9.49. The summed E-state index contributed by atoms with van der Waals surface area (Å²) in [5, 5.41) is 5.79. The molecule has 5 aromatic rings. The monoisotopic (exact) mass is 556 g/mol. The molecule has 0 unspecified atom stereocenters. The molecule has 2 heterocycles. The van der Waals surface area contributed by atoms with Gasteiger partial charge in [-0.15, -0.1) is 0 Å². The molecule has 210 valence electrons. The van der Waals surface area contributed by atoms with Gasteiger partial charge in [-0.25, -0.2) is 9.98 Å². The topological polar surface area (TPSA) is 92.8 Å². The van der Waals surface area contributed by atoms with Gasteiger partial charge in [0.2, 0.25) is 0 Å². The lowest BCUT2D eigenvalue weighted by molar-refractivity contribution is 0.101. The molecular weight excluding hydrogens is 524 g/mol. The molecule has 0 fully saturated rings. The molecule has 0 saturated heterocycles. The number of hydrogen-bond acceptors (Lipinski definition) is 4. The van der Waals surface area contributed by atoms with Crippen molar-refractivity contribution in [3.8, 4) is 0 Å². The number of benzene rings is 3. The smallest absolute Gasteiger partial charge is 0.255 e. The Balaban J connectivity index is 1.19. The maximum atomic E-state index is 12.8. The van der Waals surface area contributed by atoms with E-state index >= 15 is 0 Å². The largest absolute Gasteiger partial charge is 0.333 e. The van der Waals surface area contributed by atoms with Crippen LogP contribution in [0.1, 0.15) is 34.6 Å². The zero-order valence-corrected chi connectivity index (χ0v) is 23.6. The van der Waals surface area contributed by atoms with E-state index in [0.717, 1.165) is 35.4 Å². The first-order valence-corrected chi connectivity index (χ1v) is 13.9. The van der Waals surface area contributed by atoms with Crippen LogP contribution in [0.5, 0.6) is 0 Å². The summed E-state index contributed by atoms with van der Waals surface area (Å²) < 4.78 is 4.11. The predicted molar refractivity (Wildman–Crippen MR) is 166 cm³/mol. The van der Waals surface area contributed by atoms with Crippen molar-refractivity contribution >= 4 is 34.6 Å². The van der Waals surface area contributed by atoms with Gasteiger partial charge in [0, 0.05) is 48.0 Å². The number of aromatic nitrogens is 2. The number of nitrogens with zero attached hydrogens (tertiary/aromatic N) is 4. The Morgan fingerprint density at radius 1 is 0.548 bits per heavy atom. The van der Waals surface area contributed by atoms with Crippen LogP contribution < -0.4 is 21.6 Å². The number of aryl methyl sites for hydroxylation is 2. The minimum absolute atomic E-state index is 0.263. The summed E-state index contributed by atoms with van der Waals surface area (Å²) in [5.74, 6) is -0.527. The van der Waals surface area contributed by atoms with Crippen molar-refractivity contribution in [2.45, 2.75) is 26.9 Å². The van der Waals surface area contributed by atoms with Gasteiger partial charge < -0.3 is 19.8 Å². The maximum Gasteiger partial charge on any atom is 0.255 e. The number of rotatable bonds is 8. The van der Waals surface area contributed by atoms with Crippen molar-refractivity contribution < 1.29 is 9.59 Å². The van der Waals surface area contributed by atoms with Crippen molar-refractivity contribution in [1.82, 2.24) is 9.13 Å². The normalized spacial score (nSPS) is 11.8. The Labute approximate surface area is 244 Å². The molecule has 2 aromatic heterocycles. The summed E-state index contributed by atoms with van der Waals surface area (Å²) in [7, 11) is 0. The fraction of sp³-hybridized carbons (Fsp3) is 0.118. The second kappa shape index (κ2) is 13.2. The van der Waals surface area contributed by atoms with Crippen molar-refractivity contribution in [3.63, 3.8) is 0 Å². The second-order valence-electron chi connectivity index (χ2n) is 9.49. The summed E-state index contributed by atoms with van der Waals surface area (Å²) in [6, 6.07) is 33.0. The minimum Gasteiger partial charge on any atom is -0.333 e. The first kappa shape index (κ1) is 28.0. The molecular formula is C34H32N6O2. The molecule has 0 aliphatic rings. The van der Waals surface area contributed by atoms with Gasteiger partial charge in [-0.3, -0.25) is 9.59 Å². The number of carbonyl (C=O) groups excluding carboxylic acids is 2. The summed E-state index contributed by atoms with van der Waals surface area (Å²) in [6.45, 7) is 5.79. The van der Waals surface area contributed by atoms with Gasteiger partial charge in [-0.2, -0.15) is 0 Å². The molecule has 5 rings (SSSR count). The Morgan fingerprint density at radius 2 is 0.929 bits per heavy atom. The highest BCUT2D eigenvalue weighted by Gasteiger charge is 2.10. The molecule has 0 spiro atoms. The van der Waals surface area contributed by atoms with E-state index in [2.05, 4.69) is 43.6 Å². The zero-order valence-electron chi connectivity index (χ0n) is 23.6. The highest BCUT2D eigenvalue weighted by Crippen LogP contribution is 2.18. The Kier molecular flexibility index (Phi) is 8.84. The third-order valence-electron chi connectivity index (χ3n) is 6.66. The van der Waals surface area contributed by atoms with Crippen molar-refractivity contribution in [1.29, 1.82) is 0 Å². The third-order valence-corrected chi connectivity index (χ3v) is 6.66. The molecule has 0 aliphatic heterocycles. The lowest BCUT2D eigenvalue weighted by atomic mass is 10.1. The van der Waals surface area contributed by atoms with Gasteiger partial charge in [-0.1, -0.05) is 12.1 Å². The number of amides is 2. The van der Waals surface area contributed by atoms with Crippen molar-refractivity contribution in [3.05, 3.63) is 144 Å². The predicted octanol–water partition coefficient (Wildman–Crippen LogP) is 6.30. The van der Waals surface area contributed by atoms with Gasteiger partial charge in [0.1, 0.15) is 11.0 Å².